The van der Waals surface area contributed by atoms with Crippen LogP contribution >= 0.6 is 0 Å². The van der Waals surface area contributed by atoms with E-state index in [2.05, 4.69) is 0 Å². The van der Waals surface area contributed by atoms with Crippen LogP contribution in [0.15, 0.2) is 24.3 Å². The molecule has 0 heterocycles. The number of carbonyl (C=O) groups excluding carboxylic acids is 1. The Morgan fingerprint density at radius 1 is 1.42 bits per heavy atom. The third-order valence-electron chi connectivity index (χ3n) is 2.59. The Morgan fingerprint density at radius 3 is 2.68 bits per heavy atom. The van der Waals surface area contributed by atoms with E-state index in [1.54, 1.807) is 0 Å². The molecule has 0 aliphatic rings. The number of nitro groups is 1. The Bertz CT molecular complexity index is 499. The van der Waals surface area contributed by atoms with Crippen LogP contribution < -0.4 is 0 Å². The highest BCUT2D eigenvalue weighted by Crippen LogP contribution is 2.14. The van der Waals surface area contributed by atoms with Crippen LogP contribution in [0.2, 0.25) is 0 Å². The molecule has 0 N–H and O–H groups in total. The lowest BCUT2D eigenvalue weighted by Gasteiger charge is -2.04. The van der Waals surface area contributed by atoms with Gasteiger partial charge in [0, 0.05) is 34.2 Å². The lowest BCUT2D eigenvalue weighted by atomic mass is 10.1. The van der Waals surface area contributed by atoms with E-state index >= 15 is 0 Å². The van der Waals surface area contributed by atoms with Gasteiger partial charge >= 0.3 is 0 Å². The van der Waals surface area contributed by atoms with Gasteiger partial charge < -0.3 is 0 Å². The second kappa shape index (κ2) is 7.13. The Balaban J connectivity index is 2.65. The van der Waals surface area contributed by atoms with Crippen molar-refractivity contribution in [3.05, 3.63) is 39.9 Å². The van der Waals surface area contributed by atoms with Crippen molar-refractivity contribution in [3.8, 4) is 0 Å². The number of benzene rings is 1. The van der Waals surface area contributed by atoms with E-state index < -0.39 is 15.7 Å². The molecule has 1 unspecified atom stereocenters. The molecule has 0 radical (unpaired) electrons. The van der Waals surface area contributed by atoms with Gasteiger partial charge in [-0.05, 0) is 12.3 Å². The number of nitro benzene ring substituents is 1. The fourth-order valence-corrected chi connectivity index (χ4v) is 2.80. The predicted molar refractivity (Wildman–Crippen MR) is 74.8 cm³/mol. The zero-order chi connectivity index (χ0) is 14.4. The largest absolute Gasteiger partial charge is 0.293 e. The Morgan fingerprint density at radius 2 is 2.11 bits per heavy atom. The summed E-state index contributed by atoms with van der Waals surface area (Å²) in [6, 6.07) is 5.52. The van der Waals surface area contributed by atoms with Crippen molar-refractivity contribution in [1.29, 1.82) is 0 Å². The van der Waals surface area contributed by atoms with Gasteiger partial charge in [0.05, 0.1) is 10.7 Å². The SMILES string of the molecule is CC(C)CCS(=O)CC(=O)c1cccc([N+](=O)[O-])c1. The Labute approximate surface area is 114 Å². The first-order valence-corrected chi connectivity index (χ1v) is 7.51. The Kier molecular flexibility index (Phi) is 5.82. The first-order chi connectivity index (χ1) is 8.90. The topological polar surface area (TPSA) is 77.3 Å². The Hall–Kier alpha value is -1.56. The van der Waals surface area contributed by atoms with Gasteiger partial charge in [0.15, 0.2) is 5.78 Å². The molecule has 0 aliphatic heterocycles. The molecule has 19 heavy (non-hydrogen) atoms. The molecule has 1 aromatic rings. The van der Waals surface area contributed by atoms with Gasteiger partial charge in [-0.1, -0.05) is 26.0 Å². The third-order valence-corrected chi connectivity index (χ3v) is 3.87. The second-order valence-corrected chi connectivity index (χ2v) is 6.28. The maximum Gasteiger partial charge on any atom is 0.270 e. The van der Waals surface area contributed by atoms with Crippen molar-refractivity contribution in [3.63, 3.8) is 0 Å². The molecule has 0 fully saturated rings. The van der Waals surface area contributed by atoms with Crippen LogP contribution in [0.25, 0.3) is 0 Å². The monoisotopic (exact) mass is 283 g/mol. The van der Waals surface area contributed by atoms with Gasteiger partial charge in [0.25, 0.3) is 5.69 Å². The molecule has 5 nitrogen and oxygen atoms in total. The van der Waals surface area contributed by atoms with Crippen LogP contribution in [0.5, 0.6) is 0 Å². The molecule has 0 aromatic heterocycles. The van der Waals surface area contributed by atoms with Crippen molar-refractivity contribution in [2.24, 2.45) is 5.92 Å². The highest BCUT2D eigenvalue weighted by molar-refractivity contribution is 7.85. The van der Waals surface area contributed by atoms with E-state index in [0.29, 0.717) is 11.7 Å². The lowest BCUT2D eigenvalue weighted by Crippen LogP contribution is -2.14. The van der Waals surface area contributed by atoms with E-state index in [0.717, 1.165) is 6.42 Å². The zero-order valence-electron chi connectivity index (χ0n) is 11.0. The first kappa shape index (κ1) is 15.5. The standard InChI is InChI=1S/C13H17NO4S/c1-10(2)6-7-19(18)9-13(15)11-4-3-5-12(8-11)14(16)17/h3-5,8,10H,6-7,9H2,1-2H3. The fourth-order valence-electron chi connectivity index (χ4n) is 1.46. The van der Waals surface area contributed by atoms with E-state index in [4.69, 9.17) is 0 Å². The van der Waals surface area contributed by atoms with Gasteiger partial charge in [-0.25, -0.2) is 0 Å². The van der Waals surface area contributed by atoms with Gasteiger partial charge in [0.1, 0.15) is 0 Å². The number of Topliss-reactive ketones (excluding diaryl/α,β-unsaturated/α-hetero) is 1. The number of non-ortho nitro benzene ring substituents is 1. The molecule has 1 atom stereocenters. The molecule has 104 valence electrons. The third kappa shape index (κ3) is 5.30. The van der Waals surface area contributed by atoms with Crippen LogP contribution in [0, 0.1) is 16.0 Å². The second-order valence-electron chi connectivity index (χ2n) is 4.70. The fraction of sp³-hybridized carbons (Fsp3) is 0.462. The minimum absolute atomic E-state index is 0.0755. The maximum absolute atomic E-state index is 11.9. The molecule has 1 rings (SSSR count). The van der Waals surface area contributed by atoms with E-state index in [-0.39, 0.29) is 22.8 Å². The molecule has 0 saturated heterocycles. The van der Waals surface area contributed by atoms with E-state index in [9.17, 15) is 19.1 Å². The summed E-state index contributed by atoms with van der Waals surface area (Å²) in [5.41, 5.74) is 0.117. The maximum atomic E-state index is 11.9. The number of hydrogen-bond acceptors (Lipinski definition) is 4. The minimum atomic E-state index is -1.21. The highest BCUT2D eigenvalue weighted by atomic mass is 32.2. The molecule has 0 spiro atoms. The van der Waals surface area contributed by atoms with E-state index in [1.807, 2.05) is 13.8 Å². The summed E-state index contributed by atoms with van der Waals surface area (Å²) in [6.45, 7) is 4.05. The summed E-state index contributed by atoms with van der Waals surface area (Å²) in [5, 5.41) is 10.6. The number of ketones is 1. The summed E-state index contributed by atoms with van der Waals surface area (Å²) >= 11 is 0. The summed E-state index contributed by atoms with van der Waals surface area (Å²) < 4.78 is 11.7. The van der Waals surface area contributed by atoms with Crippen LogP contribution in [-0.2, 0) is 10.8 Å². The smallest absolute Gasteiger partial charge is 0.270 e. The summed E-state index contributed by atoms with van der Waals surface area (Å²) in [5.74, 6) is 0.536. The van der Waals surface area contributed by atoms with Gasteiger partial charge in [-0.3, -0.25) is 19.1 Å². The average Bonchev–Trinajstić information content (AvgIpc) is 2.36. The van der Waals surface area contributed by atoms with Crippen molar-refractivity contribution in [2.75, 3.05) is 11.5 Å². The molecule has 1 aromatic carbocycles. The summed E-state index contributed by atoms with van der Waals surface area (Å²) in [7, 11) is -1.21. The average molecular weight is 283 g/mol. The van der Waals surface area contributed by atoms with Crippen LogP contribution in [0.3, 0.4) is 0 Å². The molecule has 0 aliphatic carbocycles. The number of rotatable bonds is 7. The predicted octanol–water partition coefficient (Wildman–Crippen LogP) is 2.57. The van der Waals surface area contributed by atoms with Crippen molar-refractivity contribution >= 4 is 22.3 Å². The van der Waals surface area contributed by atoms with Crippen molar-refractivity contribution in [1.82, 2.24) is 0 Å². The molecular formula is C13H17NO4S. The summed E-state index contributed by atoms with van der Waals surface area (Å²) in [4.78, 5) is 21.9. The normalized spacial score (nSPS) is 12.4. The van der Waals surface area contributed by atoms with Gasteiger partial charge in [-0.15, -0.1) is 0 Å². The lowest BCUT2D eigenvalue weighted by molar-refractivity contribution is -0.384. The molecule has 0 amide bonds. The summed E-state index contributed by atoms with van der Waals surface area (Å²) in [6.07, 6.45) is 0.800. The van der Waals surface area contributed by atoms with Gasteiger partial charge in [0.2, 0.25) is 0 Å². The molecule has 6 heteroatoms. The van der Waals surface area contributed by atoms with E-state index in [1.165, 1.54) is 24.3 Å². The molecule has 0 bridgehead atoms. The quantitative estimate of drug-likeness (QED) is 0.438. The van der Waals surface area contributed by atoms with Gasteiger partial charge in [-0.2, -0.15) is 0 Å². The number of carbonyl (C=O) groups is 1. The molecular weight excluding hydrogens is 266 g/mol. The van der Waals surface area contributed by atoms with Crippen LogP contribution in [0.4, 0.5) is 5.69 Å². The highest BCUT2D eigenvalue weighted by Gasteiger charge is 2.14. The van der Waals surface area contributed by atoms with Crippen LogP contribution in [-0.4, -0.2) is 26.4 Å². The number of hydrogen-bond donors (Lipinski definition) is 0. The van der Waals surface area contributed by atoms with Crippen LogP contribution in [0.1, 0.15) is 30.6 Å². The number of nitrogens with zero attached hydrogens (tertiary/aromatic N) is 1. The minimum Gasteiger partial charge on any atom is -0.293 e. The first-order valence-electron chi connectivity index (χ1n) is 6.02. The zero-order valence-corrected chi connectivity index (χ0v) is 11.8. The van der Waals surface area contributed by atoms with Crippen molar-refractivity contribution < 1.29 is 13.9 Å². The van der Waals surface area contributed by atoms with Crippen molar-refractivity contribution in [2.45, 2.75) is 20.3 Å². The molecule has 0 saturated carbocycles.